The maximum absolute atomic E-state index is 12.7. The first-order chi connectivity index (χ1) is 11.6. The third-order valence-electron chi connectivity index (χ3n) is 4.10. The monoisotopic (exact) mass is 328 g/mol. The van der Waals surface area contributed by atoms with Gasteiger partial charge in [-0.25, -0.2) is 0 Å². The van der Waals surface area contributed by atoms with Crippen LogP contribution in [0.3, 0.4) is 0 Å². The van der Waals surface area contributed by atoms with Gasteiger partial charge in [0, 0.05) is 38.5 Å². The molecule has 0 radical (unpaired) electrons. The molecule has 2 amide bonds. The number of carbonyl (C=O) groups is 2. The number of aromatic nitrogens is 2. The van der Waals surface area contributed by atoms with E-state index in [1.54, 1.807) is 42.1 Å². The number of likely N-dealkylation sites (N-methyl/N-ethyl adjacent to an activating group) is 1. The van der Waals surface area contributed by atoms with E-state index in [1.165, 1.54) is 0 Å². The van der Waals surface area contributed by atoms with E-state index < -0.39 is 5.92 Å². The summed E-state index contributed by atoms with van der Waals surface area (Å²) in [6.07, 6.45) is 1.79. The zero-order valence-electron chi connectivity index (χ0n) is 13.7. The van der Waals surface area contributed by atoms with E-state index in [0.29, 0.717) is 31.1 Å². The summed E-state index contributed by atoms with van der Waals surface area (Å²) < 4.78 is 6.72. The molecule has 3 rings (SSSR count). The van der Waals surface area contributed by atoms with Crippen LogP contribution < -0.4 is 5.32 Å². The Bertz CT molecular complexity index is 756. The molecule has 0 fully saturated rings. The third-order valence-corrected chi connectivity index (χ3v) is 4.10. The van der Waals surface area contributed by atoms with Crippen molar-refractivity contribution in [2.75, 3.05) is 32.6 Å². The molecule has 7 nitrogen and oxygen atoms in total. The average molecular weight is 328 g/mol. The molecule has 24 heavy (non-hydrogen) atoms. The highest BCUT2D eigenvalue weighted by Crippen LogP contribution is 2.28. The van der Waals surface area contributed by atoms with Gasteiger partial charge in [-0.2, -0.15) is 5.10 Å². The molecule has 1 atom stereocenters. The van der Waals surface area contributed by atoms with Crippen molar-refractivity contribution in [2.45, 2.75) is 12.5 Å². The number of fused-ring (bicyclic) bond motifs is 1. The summed E-state index contributed by atoms with van der Waals surface area (Å²) in [6, 6.07) is 8.99. The summed E-state index contributed by atoms with van der Waals surface area (Å²) in [7, 11) is 3.34. The number of nitrogens with zero attached hydrogens (tertiary/aromatic N) is 3. The van der Waals surface area contributed by atoms with Crippen molar-refractivity contribution in [1.82, 2.24) is 14.7 Å². The quantitative estimate of drug-likeness (QED) is 0.898. The van der Waals surface area contributed by atoms with Crippen LogP contribution in [0.1, 0.15) is 21.8 Å². The van der Waals surface area contributed by atoms with Gasteiger partial charge in [0.2, 0.25) is 5.91 Å². The van der Waals surface area contributed by atoms with Crippen molar-refractivity contribution in [3.05, 3.63) is 47.7 Å². The summed E-state index contributed by atoms with van der Waals surface area (Å²) in [4.78, 5) is 26.5. The van der Waals surface area contributed by atoms with Gasteiger partial charge < -0.3 is 15.0 Å². The SMILES string of the molecule is COCCn1ccc(NC(=O)C2CN(C)C(=O)c3ccccc32)n1. The highest BCUT2D eigenvalue weighted by molar-refractivity contribution is 6.03. The van der Waals surface area contributed by atoms with Crippen molar-refractivity contribution in [3.8, 4) is 0 Å². The second kappa shape index (κ2) is 6.84. The Morgan fingerprint density at radius 2 is 2.17 bits per heavy atom. The van der Waals surface area contributed by atoms with E-state index in [-0.39, 0.29) is 11.8 Å². The van der Waals surface area contributed by atoms with E-state index in [4.69, 9.17) is 4.74 Å². The first-order valence-electron chi connectivity index (χ1n) is 7.78. The van der Waals surface area contributed by atoms with Gasteiger partial charge in [-0.05, 0) is 11.6 Å². The largest absolute Gasteiger partial charge is 0.383 e. The van der Waals surface area contributed by atoms with Crippen LogP contribution in [0.25, 0.3) is 0 Å². The first-order valence-corrected chi connectivity index (χ1v) is 7.78. The molecule has 1 N–H and O–H groups in total. The fourth-order valence-electron chi connectivity index (χ4n) is 2.83. The normalized spacial score (nSPS) is 16.8. The van der Waals surface area contributed by atoms with Crippen LogP contribution in [0.5, 0.6) is 0 Å². The summed E-state index contributed by atoms with van der Waals surface area (Å²) >= 11 is 0. The maximum Gasteiger partial charge on any atom is 0.253 e. The van der Waals surface area contributed by atoms with Gasteiger partial charge in [0.15, 0.2) is 5.82 Å². The molecular weight excluding hydrogens is 308 g/mol. The fourth-order valence-corrected chi connectivity index (χ4v) is 2.83. The molecule has 0 spiro atoms. The number of carbonyl (C=O) groups excluding carboxylic acids is 2. The van der Waals surface area contributed by atoms with E-state index >= 15 is 0 Å². The molecule has 126 valence electrons. The standard InChI is InChI=1S/C17H20N4O3/c1-20-11-14(12-5-3-4-6-13(12)17(20)23)16(22)18-15-7-8-21(19-15)9-10-24-2/h3-8,14H,9-11H2,1-2H3,(H,18,19,22). The lowest BCUT2D eigenvalue weighted by Crippen LogP contribution is -2.41. The number of ether oxygens (including phenoxy) is 1. The summed E-state index contributed by atoms with van der Waals surface area (Å²) in [5.41, 5.74) is 1.34. The molecule has 1 aromatic carbocycles. The summed E-state index contributed by atoms with van der Waals surface area (Å²) in [6.45, 7) is 1.53. The molecule has 0 saturated heterocycles. The number of nitrogens with one attached hydrogen (secondary N) is 1. The second-order valence-electron chi connectivity index (χ2n) is 5.77. The molecule has 1 aromatic heterocycles. The molecule has 2 heterocycles. The van der Waals surface area contributed by atoms with Gasteiger partial charge in [-0.1, -0.05) is 18.2 Å². The number of hydrogen-bond acceptors (Lipinski definition) is 4. The van der Waals surface area contributed by atoms with Crippen LogP contribution in [0.2, 0.25) is 0 Å². The summed E-state index contributed by atoms with van der Waals surface area (Å²) in [5.74, 6) is -0.140. The van der Waals surface area contributed by atoms with Crippen LogP contribution in [0, 0.1) is 0 Å². The molecule has 0 bridgehead atoms. The zero-order valence-corrected chi connectivity index (χ0v) is 13.7. The molecule has 1 aliphatic rings. The Hall–Kier alpha value is -2.67. The number of rotatable bonds is 5. The van der Waals surface area contributed by atoms with Gasteiger partial charge in [0.05, 0.1) is 19.1 Å². The lowest BCUT2D eigenvalue weighted by molar-refractivity contribution is -0.118. The number of methoxy groups -OCH3 is 1. The highest BCUT2D eigenvalue weighted by atomic mass is 16.5. The number of benzene rings is 1. The summed E-state index contributed by atoms with van der Waals surface area (Å²) in [5, 5.41) is 7.13. The molecular formula is C17H20N4O3. The number of hydrogen-bond donors (Lipinski definition) is 1. The maximum atomic E-state index is 12.7. The van der Waals surface area contributed by atoms with Gasteiger partial charge in [0.25, 0.3) is 5.91 Å². The van der Waals surface area contributed by atoms with Crippen LogP contribution in [0.4, 0.5) is 5.82 Å². The van der Waals surface area contributed by atoms with Crippen molar-refractivity contribution in [3.63, 3.8) is 0 Å². The number of anilines is 1. The smallest absolute Gasteiger partial charge is 0.253 e. The molecule has 1 unspecified atom stereocenters. The van der Waals surface area contributed by atoms with Gasteiger partial charge >= 0.3 is 0 Å². The minimum atomic E-state index is -0.409. The molecule has 0 saturated carbocycles. The van der Waals surface area contributed by atoms with Crippen molar-refractivity contribution in [2.24, 2.45) is 0 Å². The van der Waals surface area contributed by atoms with Gasteiger partial charge in [0.1, 0.15) is 0 Å². The average Bonchev–Trinajstić information content (AvgIpc) is 3.03. The Morgan fingerprint density at radius 3 is 2.96 bits per heavy atom. The lowest BCUT2D eigenvalue weighted by atomic mass is 9.89. The topological polar surface area (TPSA) is 76.5 Å². The Morgan fingerprint density at radius 1 is 1.38 bits per heavy atom. The first kappa shape index (κ1) is 16.2. The highest BCUT2D eigenvalue weighted by Gasteiger charge is 2.33. The Labute approximate surface area is 140 Å². The van der Waals surface area contributed by atoms with Crippen molar-refractivity contribution >= 4 is 17.6 Å². The Kier molecular flexibility index (Phi) is 4.61. The number of amides is 2. The predicted molar refractivity (Wildman–Crippen MR) is 88.9 cm³/mol. The van der Waals surface area contributed by atoms with Crippen LogP contribution >= 0.6 is 0 Å². The predicted octanol–water partition coefficient (Wildman–Crippen LogP) is 1.34. The van der Waals surface area contributed by atoms with Crippen molar-refractivity contribution in [1.29, 1.82) is 0 Å². The minimum Gasteiger partial charge on any atom is -0.383 e. The van der Waals surface area contributed by atoms with Gasteiger partial charge in [-0.15, -0.1) is 0 Å². The molecule has 2 aromatic rings. The molecule has 7 heteroatoms. The van der Waals surface area contributed by atoms with E-state index in [2.05, 4.69) is 10.4 Å². The lowest BCUT2D eigenvalue weighted by Gasteiger charge is -2.30. The molecule has 1 aliphatic heterocycles. The second-order valence-corrected chi connectivity index (χ2v) is 5.77. The van der Waals surface area contributed by atoms with Crippen LogP contribution in [0.15, 0.2) is 36.5 Å². The van der Waals surface area contributed by atoms with E-state index in [9.17, 15) is 9.59 Å². The Balaban J connectivity index is 1.76. The van der Waals surface area contributed by atoms with Crippen molar-refractivity contribution < 1.29 is 14.3 Å². The third kappa shape index (κ3) is 3.16. The van der Waals surface area contributed by atoms with E-state index in [0.717, 1.165) is 5.56 Å². The zero-order chi connectivity index (χ0) is 17.1. The van der Waals surface area contributed by atoms with Gasteiger partial charge in [-0.3, -0.25) is 14.3 Å². The van der Waals surface area contributed by atoms with Crippen LogP contribution in [-0.2, 0) is 16.1 Å². The van der Waals surface area contributed by atoms with Crippen LogP contribution in [-0.4, -0.2) is 53.8 Å². The molecule has 0 aliphatic carbocycles. The fraction of sp³-hybridized carbons (Fsp3) is 0.353. The minimum absolute atomic E-state index is 0.0570. The van der Waals surface area contributed by atoms with E-state index in [1.807, 2.05) is 18.2 Å².